The Morgan fingerprint density at radius 2 is 1.88 bits per heavy atom. The molecular weight excluding hydrogens is 319 g/mol. The molecule has 0 aliphatic carbocycles. The topological polar surface area (TPSA) is 55.6 Å². The van der Waals surface area contributed by atoms with E-state index in [1.54, 1.807) is 13.8 Å². The van der Waals surface area contributed by atoms with Gasteiger partial charge in [0.25, 0.3) is 0 Å². The van der Waals surface area contributed by atoms with Crippen molar-refractivity contribution in [3.8, 4) is 0 Å². The summed E-state index contributed by atoms with van der Waals surface area (Å²) in [6.45, 7) is 7.99. The van der Waals surface area contributed by atoms with Crippen molar-refractivity contribution >= 4 is 5.82 Å². The molecule has 0 radical (unpaired) electrons. The van der Waals surface area contributed by atoms with Gasteiger partial charge in [-0.3, -0.25) is 4.68 Å². The van der Waals surface area contributed by atoms with E-state index < -0.39 is 12.7 Å². The summed E-state index contributed by atoms with van der Waals surface area (Å²) in [6, 6.07) is 1.64. The summed E-state index contributed by atoms with van der Waals surface area (Å²) >= 11 is 0. The Kier molecular flexibility index (Phi) is 5.15. The quantitative estimate of drug-likeness (QED) is 0.896. The fraction of sp³-hybridized carbons (Fsp3) is 0.562. The zero-order valence-electron chi connectivity index (χ0n) is 14.5. The van der Waals surface area contributed by atoms with Crippen LogP contribution in [0.1, 0.15) is 48.4 Å². The highest BCUT2D eigenvalue weighted by Crippen LogP contribution is 2.27. The number of rotatable bonds is 5. The van der Waals surface area contributed by atoms with Crippen molar-refractivity contribution in [2.45, 2.75) is 59.8 Å². The molecular formula is C16H22F3N5. The van der Waals surface area contributed by atoms with E-state index in [1.165, 1.54) is 0 Å². The lowest BCUT2D eigenvalue weighted by atomic mass is 10.1. The van der Waals surface area contributed by atoms with Gasteiger partial charge in [0.2, 0.25) is 0 Å². The Morgan fingerprint density at radius 3 is 2.46 bits per heavy atom. The second-order valence-electron chi connectivity index (χ2n) is 5.87. The minimum atomic E-state index is -4.29. The van der Waals surface area contributed by atoms with Gasteiger partial charge in [-0.05, 0) is 34.1 Å². The maximum atomic E-state index is 12.6. The number of aryl methyl sites for hydroxylation is 3. The number of hydrogen-bond donors (Lipinski definition) is 1. The lowest BCUT2D eigenvalue weighted by Gasteiger charge is -2.16. The Hall–Kier alpha value is -2.12. The summed E-state index contributed by atoms with van der Waals surface area (Å²) < 4.78 is 38.9. The molecule has 0 fully saturated rings. The minimum absolute atomic E-state index is 0.217. The summed E-state index contributed by atoms with van der Waals surface area (Å²) in [4.78, 5) is 8.66. The van der Waals surface area contributed by atoms with Gasteiger partial charge in [-0.1, -0.05) is 6.92 Å². The predicted octanol–water partition coefficient (Wildman–Crippen LogP) is 3.90. The summed E-state index contributed by atoms with van der Waals surface area (Å²) in [5.41, 5.74) is 2.76. The third kappa shape index (κ3) is 4.24. The molecule has 132 valence electrons. The Morgan fingerprint density at radius 1 is 1.21 bits per heavy atom. The number of nitrogens with zero attached hydrogens (tertiary/aromatic N) is 4. The van der Waals surface area contributed by atoms with Gasteiger partial charge in [-0.2, -0.15) is 18.3 Å². The molecule has 0 amide bonds. The molecule has 0 aromatic carbocycles. The molecule has 0 saturated heterocycles. The first-order chi connectivity index (χ1) is 11.1. The molecule has 1 unspecified atom stereocenters. The van der Waals surface area contributed by atoms with Crippen LogP contribution in [-0.2, 0) is 13.0 Å². The van der Waals surface area contributed by atoms with E-state index in [1.807, 2.05) is 26.8 Å². The number of anilines is 1. The predicted molar refractivity (Wildman–Crippen MR) is 85.9 cm³/mol. The molecule has 2 rings (SSSR count). The molecule has 0 aliphatic heterocycles. The lowest BCUT2D eigenvalue weighted by Crippen LogP contribution is -2.20. The van der Waals surface area contributed by atoms with E-state index in [0.29, 0.717) is 23.0 Å². The van der Waals surface area contributed by atoms with Crippen LogP contribution < -0.4 is 5.32 Å². The van der Waals surface area contributed by atoms with Crippen LogP contribution in [-0.4, -0.2) is 25.9 Å². The first-order valence-electron chi connectivity index (χ1n) is 7.82. The van der Waals surface area contributed by atoms with Crippen molar-refractivity contribution in [3.05, 3.63) is 34.5 Å². The zero-order valence-corrected chi connectivity index (χ0v) is 14.5. The van der Waals surface area contributed by atoms with E-state index in [2.05, 4.69) is 20.4 Å². The van der Waals surface area contributed by atoms with Crippen molar-refractivity contribution in [1.29, 1.82) is 0 Å². The van der Waals surface area contributed by atoms with Crippen LogP contribution in [0.5, 0.6) is 0 Å². The number of aromatic nitrogens is 4. The van der Waals surface area contributed by atoms with Crippen molar-refractivity contribution in [3.63, 3.8) is 0 Å². The highest BCUT2D eigenvalue weighted by Gasteiger charge is 2.30. The van der Waals surface area contributed by atoms with Crippen LogP contribution in [0.15, 0.2) is 6.07 Å². The average molecular weight is 341 g/mol. The molecule has 1 atom stereocenters. The van der Waals surface area contributed by atoms with Gasteiger partial charge in [-0.15, -0.1) is 0 Å². The molecule has 0 bridgehead atoms. The van der Waals surface area contributed by atoms with Gasteiger partial charge in [-0.25, -0.2) is 9.97 Å². The van der Waals surface area contributed by atoms with E-state index in [-0.39, 0.29) is 6.04 Å². The number of hydrogen-bond acceptors (Lipinski definition) is 4. The maximum absolute atomic E-state index is 12.6. The van der Waals surface area contributed by atoms with E-state index in [4.69, 9.17) is 0 Å². The monoisotopic (exact) mass is 341 g/mol. The molecule has 1 N–H and O–H groups in total. The zero-order chi connectivity index (χ0) is 18.1. The Labute approximate surface area is 139 Å². The van der Waals surface area contributed by atoms with Gasteiger partial charge in [0.1, 0.15) is 18.2 Å². The fourth-order valence-electron chi connectivity index (χ4n) is 2.84. The van der Waals surface area contributed by atoms with Crippen molar-refractivity contribution in [2.75, 3.05) is 5.32 Å². The standard InChI is InChI=1S/C16H22F3N5/c1-6-13-7-14(22-12(5)21-13)20-9(2)15-10(3)23-24(11(15)4)8-16(17,18)19/h7,9H,6,8H2,1-5H3,(H,20,21,22). The normalized spacial score (nSPS) is 13.2. The summed E-state index contributed by atoms with van der Waals surface area (Å²) in [6.07, 6.45) is -3.51. The molecule has 0 saturated carbocycles. The van der Waals surface area contributed by atoms with Crippen LogP contribution in [0.4, 0.5) is 19.0 Å². The van der Waals surface area contributed by atoms with Crippen molar-refractivity contribution in [2.24, 2.45) is 0 Å². The average Bonchev–Trinajstić information content (AvgIpc) is 2.70. The minimum Gasteiger partial charge on any atom is -0.363 e. The second kappa shape index (κ2) is 6.78. The molecule has 0 aliphatic rings. The Balaban J connectivity index is 2.27. The van der Waals surface area contributed by atoms with Crippen LogP contribution in [0, 0.1) is 20.8 Å². The molecule has 0 spiro atoms. The van der Waals surface area contributed by atoms with E-state index in [0.717, 1.165) is 22.4 Å². The third-order valence-electron chi connectivity index (χ3n) is 3.82. The number of nitrogens with one attached hydrogen (secondary N) is 1. The summed E-state index contributed by atoms with van der Waals surface area (Å²) in [5, 5.41) is 7.28. The van der Waals surface area contributed by atoms with Crippen LogP contribution >= 0.6 is 0 Å². The fourth-order valence-corrected chi connectivity index (χ4v) is 2.84. The van der Waals surface area contributed by atoms with Crippen molar-refractivity contribution in [1.82, 2.24) is 19.7 Å². The van der Waals surface area contributed by atoms with Crippen LogP contribution in [0.3, 0.4) is 0 Å². The van der Waals surface area contributed by atoms with Gasteiger partial charge >= 0.3 is 6.18 Å². The number of halogens is 3. The maximum Gasteiger partial charge on any atom is 0.408 e. The van der Waals surface area contributed by atoms with Crippen molar-refractivity contribution < 1.29 is 13.2 Å². The molecule has 2 aromatic rings. The summed E-state index contributed by atoms with van der Waals surface area (Å²) in [5.74, 6) is 1.32. The molecule has 24 heavy (non-hydrogen) atoms. The van der Waals surface area contributed by atoms with Crippen LogP contribution in [0.2, 0.25) is 0 Å². The number of alkyl halides is 3. The molecule has 8 heteroatoms. The first kappa shape index (κ1) is 18.2. The van der Waals surface area contributed by atoms with E-state index >= 15 is 0 Å². The van der Waals surface area contributed by atoms with Gasteiger partial charge < -0.3 is 5.32 Å². The Bertz CT molecular complexity index is 721. The lowest BCUT2D eigenvalue weighted by molar-refractivity contribution is -0.142. The highest BCUT2D eigenvalue weighted by molar-refractivity contribution is 5.41. The van der Waals surface area contributed by atoms with Crippen LogP contribution in [0.25, 0.3) is 0 Å². The van der Waals surface area contributed by atoms with E-state index in [9.17, 15) is 13.2 Å². The van der Waals surface area contributed by atoms with Gasteiger partial charge in [0, 0.05) is 23.0 Å². The third-order valence-corrected chi connectivity index (χ3v) is 3.82. The second-order valence-corrected chi connectivity index (χ2v) is 5.87. The highest BCUT2D eigenvalue weighted by atomic mass is 19.4. The largest absolute Gasteiger partial charge is 0.408 e. The van der Waals surface area contributed by atoms with Gasteiger partial charge in [0.05, 0.1) is 11.7 Å². The smallest absolute Gasteiger partial charge is 0.363 e. The molecule has 2 heterocycles. The van der Waals surface area contributed by atoms with Gasteiger partial charge in [0.15, 0.2) is 0 Å². The SMILES string of the molecule is CCc1cc(NC(C)c2c(C)nn(CC(F)(F)F)c2C)nc(C)n1. The molecule has 5 nitrogen and oxygen atoms in total. The molecule has 2 aromatic heterocycles. The first-order valence-corrected chi connectivity index (χ1v) is 7.82. The summed E-state index contributed by atoms with van der Waals surface area (Å²) in [7, 11) is 0.